The number of halogens is 2. The zero-order valence-electron chi connectivity index (χ0n) is 12.3. The molecule has 0 spiro atoms. The molecule has 0 saturated carbocycles. The summed E-state index contributed by atoms with van der Waals surface area (Å²) in [5.74, 6) is -1.72. The number of anilines is 1. The van der Waals surface area contributed by atoms with Crippen LogP contribution in [0.25, 0.3) is 10.9 Å². The molecule has 22 heavy (non-hydrogen) atoms. The lowest BCUT2D eigenvalue weighted by atomic mass is 9.99. The van der Waals surface area contributed by atoms with Crippen molar-refractivity contribution in [2.75, 3.05) is 5.32 Å². The van der Waals surface area contributed by atoms with Crippen LogP contribution in [0.15, 0.2) is 24.3 Å². The molecule has 2 atom stereocenters. The predicted octanol–water partition coefficient (Wildman–Crippen LogP) is 3.48. The quantitative estimate of drug-likeness (QED) is 0.854. The van der Waals surface area contributed by atoms with Crippen LogP contribution in [0.3, 0.4) is 0 Å². The summed E-state index contributed by atoms with van der Waals surface area (Å²) in [7, 11) is 0. The molecule has 0 aliphatic heterocycles. The Balaban J connectivity index is 2.50. The van der Waals surface area contributed by atoms with Crippen molar-refractivity contribution in [3.8, 4) is 0 Å². The zero-order valence-corrected chi connectivity index (χ0v) is 12.3. The van der Waals surface area contributed by atoms with Crippen molar-refractivity contribution in [1.82, 2.24) is 9.97 Å². The number of carbonyl (C=O) groups is 1. The highest BCUT2D eigenvalue weighted by Crippen LogP contribution is 2.26. The van der Waals surface area contributed by atoms with Crippen molar-refractivity contribution in [2.45, 2.75) is 32.7 Å². The zero-order chi connectivity index (χ0) is 16.3. The number of alkyl halides is 2. The molecule has 2 rings (SSSR count). The van der Waals surface area contributed by atoms with E-state index in [2.05, 4.69) is 15.3 Å². The lowest BCUT2D eigenvalue weighted by Crippen LogP contribution is -2.35. The number of nitrogens with one attached hydrogen (secondary N) is 1. The summed E-state index contributed by atoms with van der Waals surface area (Å²) in [6.07, 6.45) is -2.19. The minimum absolute atomic E-state index is 0.119. The van der Waals surface area contributed by atoms with Gasteiger partial charge in [-0.15, -0.1) is 0 Å². The first kappa shape index (κ1) is 16.1. The fourth-order valence-electron chi connectivity index (χ4n) is 2.13. The Morgan fingerprint density at radius 3 is 2.59 bits per heavy atom. The van der Waals surface area contributed by atoms with Crippen LogP contribution in [0.4, 0.5) is 14.6 Å². The Hall–Kier alpha value is -2.31. The van der Waals surface area contributed by atoms with E-state index in [4.69, 9.17) is 0 Å². The highest BCUT2D eigenvalue weighted by molar-refractivity contribution is 5.91. The van der Waals surface area contributed by atoms with E-state index in [9.17, 15) is 18.7 Å². The Morgan fingerprint density at radius 1 is 1.32 bits per heavy atom. The van der Waals surface area contributed by atoms with E-state index in [1.807, 2.05) is 6.92 Å². The largest absolute Gasteiger partial charge is 0.480 e. The fraction of sp³-hybridized carbons (Fsp3) is 0.400. The van der Waals surface area contributed by atoms with Gasteiger partial charge in [0.25, 0.3) is 6.43 Å². The van der Waals surface area contributed by atoms with Crippen LogP contribution in [-0.4, -0.2) is 27.1 Å². The molecule has 0 aliphatic carbocycles. The average Bonchev–Trinajstić information content (AvgIpc) is 2.50. The number of aromatic nitrogens is 2. The maximum Gasteiger partial charge on any atom is 0.326 e. The van der Waals surface area contributed by atoms with Gasteiger partial charge in [0.2, 0.25) is 0 Å². The van der Waals surface area contributed by atoms with Gasteiger partial charge in [0.05, 0.1) is 5.52 Å². The molecule has 118 valence electrons. The van der Waals surface area contributed by atoms with Crippen LogP contribution in [-0.2, 0) is 4.79 Å². The summed E-state index contributed by atoms with van der Waals surface area (Å²) in [6, 6.07) is 5.75. The second-order valence-corrected chi connectivity index (χ2v) is 5.09. The second-order valence-electron chi connectivity index (χ2n) is 5.09. The first-order valence-corrected chi connectivity index (χ1v) is 6.98. The van der Waals surface area contributed by atoms with Gasteiger partial charge < -0.3 is 10.4 Å². The molecule has 0 saturated heterocycles. The van der Waals surface area contributed by atoms with Gasteiger partial charge in [-0.1, -0.05) is 32.4 Å². The van der Waals surface area contributed by atoms with E-state index in [1.165, 1.54) is 0 Å². The molecule has 0 amide bonds. The molecule has 1 heterocycles. The number of aliphatic carboxylic acids is 1. The van der Waals surface area contributed by atoms with Crippen molar-refractivity contribution < 1.29 is 18.7 Å². The minimum atomic E-state index is -2.82. The van der Waals surface area contributed by atoms with Gasteiger partial charge in [0.1, 0.15) is 11.9 Å². The van der Waals surface area contributed by atoms with Gasteiger partial charge in [-0.05, 0) is 18.1 Å². The topological polar surface area (TPSA) is 75.1 Å². The summed E-state index contributed by atoms with van der Waals surface area (Å²) in [4.78, 5) is 19.0. The number of hydrogen-bond donors (Lipinski definition) is 2. The molecule has 0 fully saturated rings. The molecule has 5 nitrogen and oxygen atoms in total. The van der Waals surface area contributed by atoms with Crippen molar-refractivity contribution >= 4 is 22.7 Å². The summed E-state index contributed by atoms with van der Waals surface area (Å²) < 4.78 is 25.9. The van der Waals surface area contributed by atoms with E-state index in [-0.39, 0.29) is 11.7 Å². The molecule has 7 heteroatoms. The van der Waals surface area contributed by atoms with Crippen molar-refractivity contribution in [2.24, 2.45) is 5.92 Å². The Morgan fingerprint density at radius 2 is 2.00 bits per heavy atom. The number of carboxylic acid groups (broad SMARTS) is 1. The summed E-state index contributed by atoms with van der Waals surface area (Å²) in [5, 5.41) is 12.6. The smallest absolute Gasteiger partial charge is 0.326 e. The maximum atomic E-state index is 12.9. The third kappa shape index (κ3) is 3.29. The Bertz CT molecular complexity index is 679. The maximum absolute atomic E-state index is 12.9. The monoisotopic (exact) mass is 309 g/mol. The number of rotatable bonds is 6. The van der Waals surface area contributed by atoms with Crippen LogP contribution in [0.2, 0.25) is 0 Å². The first-order chi connectivity index (χ1) is 10.4. The number of benzene rings is 1. The lowest BCUT2D eigenvalue weighted by Gasteiger charge is -2.21. The van der Waals surface area contributed by atoms with Gasteiger partial charge in [-0.3, -0.25) is 0 Å². The molecule has 0 aliphatic rings. The first-order valence-electron chi connectivity index (χ1n) is 6.98. The summed E-state index contributed by atoms with van der Waals surface area (Å²) >= 11 is 0. The number of nitrogens with zero attached hydrogens (tertiary/aromatic N) is 2. The Kier molecular flexibility index (Phi) is 4.85. The standard InChI is InChI=1S/C15H17F2N3O2/c1-3-8(2)11(15(21)22)19-13-9-6-4-5-7-10(9)18-14(20-13)12(16)17/h4-8,11-12H,3H2,1-2H3,(H,21,22)(H,18,19,20)/t8-,11-/m0/s1. The van der Waals surface area contributed by atoms with Gasteiger partial charge in [-0.25, -0.2) is 23.5 Å². The average molecular weight is 309 g/mol. The van der Waals surface area contributed by atoms with Gasteiger partial charge in [-0.2, -0.15) is 0 Å². The molecule has 2 N–H and O–H groups in total. The van der Waals surface area contributed by atoms with Crippen LogP contribution in [0.5, 0.6) is 0 Å². The van der Waals surface area contributed by atoms with E-state index < -0.39 is 24.3 Å². The van der Waals surface area contributed by atoms with Crippen LogP contribution in [0, 0.1) is 5.92 Å². The van der Waals surface area contributed by atoms with Crippen LogP contribution in [0.1, 0.15) is 32.5 Å². The van der Waals surface area contributed by atoms with E-state index >= 15 is 0 Å². The second kappa shape index (κ2) is 6.64. The van der Waals surface area contributed by atoms with Gasteiger partial charge in [0, 0.05) is 5.39 Å². The molecular weight excluding hydrogens is 292 g/mol. The third-order valence-electron chi connectivity index (χ3n) is 3.59. The highest BCUT2D eigenvalue weighted by atomic mass is 19.3. The van der Waals surface area contributed by atoms with Crippen molar-refractivity contribution in [1.29, 1.82) is 0 Å². The van der Waals surface area contributed by atoms with Crippen LogP contribution < -0.4 is 5.32 Å². The van der Waals surface area contributed by atoms with E-state index in [0.717, 1.165) is 0 Å². The van der Waals surface area contributed by atoms with Crippen molar-refractivity contribution in [3.63, 3.8) is 0 Å². The van der Waals surface area contributed by atoms with Crippen molar-refractivity contribution in [3.05, 3.63) is 30.1 Å². The third-order valence-corrected chi connectivity index (χ3v) is 3.59. The Labute approximate surface area is 126 Å². The molecule has 2 aromatic rings. The number of fused-ring (bicyclic) bond motifs is 1. The van der Waals surface area contributed by atoms with Crippen LogP contribution >= 0.6 is 0 Å². The summed E-state index contributed by atoms with van der Waals surface area (Å²) in [5.41, 5.74) is 0.351. The number of carboxylic acids is 1. The predicted molar refractivity (Wildman–Crippen MR) is 79.0 cm³/mol. The van der Waals surface area contributed by atoms with E-state index in [0.29, 0.717) is 17.3 Å². The highest BCUT2D eigenvalue weighted by Gasteiger charge is 2.25. The molecule has 0 radical (unpaired) electrons. The lowest BCUT2D eigenvalue weighted by molar-refractivity contribution is -0.139. The number of para-hydroxylation sites is 1. The fourth-order valence-corrected chi connectivity index (χ4v) is 2.13. The van der Waals surface area contributed by atoms with Gasteiger partial charge >= 0.3 is 5.97 Å². The molecule has 1 aromatic heterocycles. The number of hydrogen-bond acceptors (Lipinski definition) is 4. The molecular formula is C15H17F2N3O2. The molecule has 0 unspecified atom stereocenters. The van der Waals surface area contributed by atoms with Gasteiger partial charge in [0.15, 0.2) is 5.82 Å². The SMILES string of the molecule is CC[C@H](C)[C@H](Nc1nc(C(F)F)nc2ccccc12)C(=O)O. The van der Waals surface area contributed by atoms with E-state index in [1.54, 1.807) is 31.2 Å². The normalized spacial score (nSPS) is 14.0. The minimum Gasteiger partial charge on any atom is -0.480 e. The molecule has 1 aromatic carbocycles. The summed E-state index contributed by atoms with van der Waals surface area (Å²) in [6.45, 7) is 3.65. The molecule has 0 bridgehead atoms.